The van der Waals surface area contributed by atoms with Crippen LogP contribution in [0.15, 0.2) is 73.1 Å². The van der Waals surface area contributed by atoms with Gasteiger partial charge in [0.05, 0.1) is 0 Å². The van der Waals surface area contributed by atoms with Gasteiger partial charge in [-0.15, -0.1) is 0 Å². The number of pyridine rings is 1. The topological polar surface area (TPSA) is 80.3 Å². The van der Waals surface area contributed by atoms with E-state index in [1.54, 1.807) is 73.1 Å². The van der Waals surface area contributed by atoms with E-state index < -0.39 is 11.8 Å². The van der Waals surface area contributed by atoms with Gasteiger partial charge in [0.1, 0.15) is 17.9 Å². The zero-order chi connectivity index (χ0) is 19.1. The number of nitrogens with zero attached hydrogens (tertiary/aromatic N) is 1. The van der Waals surface area contributed by atoms with Crippen molar-refractivity contribution in [1.29, 1.82) is 0 Å². The first-order chi connectivity index (χ1) is 13.1. The van der Waals surface area contributed by atoms with E-state index in [4.69, 9.17) is 16.3 Å². The smallest absolute Gasteiger partial charge is 0.233 e. The Morgan fingerprint density at radius 3 is 2.15 bits per heavy atom. The molecule has 0 spiro atoms. The van der Waals surface area contributed by atoms with Crippen molar-refractivity contribution in [2.45, 2.75) is 6.42 Å². The lowest BCUT2D eigenvalue weighted by molar-refractivity contribution is -0.123. The summed E-state index contributed by atoms with van der Waals surface area (Å²) in [5, 5.41) is 5.80. The number of aromatic nitrogens is 1. The average Bonchev–Trinajstić information content (AvgIpc) is 2.64. The molecule has 2 aromatic carbocycles. The Bertz CT molecular complexity index is 931. The third-order valence-electron chi connectivity index (χ3n) is 3.45. The number of hydrogen-bond acceptors (Lipinski definition) is 4. The molecule has 136 valence electrons. The standard InChI is InChI=1S/C20H16ClN3O3/c21-14-2-1-3-16(12-14)24-20(26)13-19(25)23-15-4-6-17(7-5-15)27-18-8-10-22-11-9-18/h1-12H,13H2,(H,23,25)(H,24,26). The predicted molar refractivity (Wildman–Crippen MR) is 104 cm³/mol. The number of anilines is 2. The first kappa shape index (κ1) is 18.4. The Balaban J connectivity index is 1.51. The van der Waals surface area contributed by atoms with E-state index >= 15 is 0 Å². The van der Waals surface area contributed by atoms with Crippen molar-refractivity contribution >= 4 is 34.8 Å². The second-order valence-electron chi connectivity index (χ2n) is 5.59. The number of ether oxygens (including phenoxy) is 1. The second kappa shape index (κ2) is 8.82. The number of halogens is 1. The van der Waals surface area contributed by atoms with Gasteiger partial charge >= 0.3 is 0 Å². The highest BCUT2D eigenvalue weighted by Gasteiger charge is 2.10. The van der Waals surface area contributed by atoms with E-state index in [0.29, 0.717) is 27.9 Å². The highest BCUT2D eigenvalue weighted by Crippen LogP contribution is 2.22. The summed E-state index contributed by atoms with van der Waals surface area (Å²) in [5.74, 6) is 0.446. The fourth-order valence-electron chi connectivity index (χ4n) is 2.27. The van der Waals surface area contributed by atoms with E-state index in [9.17, 15) is 9.59 Å². The van der Waals surface area contributed by atoms with Crippen LogP contribution in [0.1, 0.15) is 6.42 Å². The Morgan fingerprint density at radius 1 is 0.852 bits per heavy atom. The first-order valence-electron chi connectivity index (χ1n) is 8.12. The molecule has 2 amide bonds. The molecule has 3 rings (SSSR count). The van der Waals surface area contributed by atoms with Gasteiger partial charge in [-0.1, -0.05) is 17.7 Å². The van der Waals surface area contributed by atoms with Gasteiger partial charge in [0.15, 0.2) is 0 Å². The summed E-state index contributed by atoms with van der Waals surface area (Å²) in [4.78, 5) is 27.9. The molecule has 0 fully saturated rings. The Kier molecular flexibility index (Phi) is 6.02. The van der Waals surface area contributed by atoms with Crippen LogP contribution in [-0.4, -0.2) is 16.8 Å². The van der Waals surface area contributed by atoms with Crippen LogP contribution in [-0.2, 0) is 9.59 Å². The third kappa shape index (κ3) is 5.83. The van der Waals surface area contributed by atoms with Crippen LogP contribution in [0.25, 0.3) is 0 Å². The van der Waals surface area contributed by atoms with Gasteiger partial charge in [0.25, 0.3) is 0 Å². The molecule has 7 heteroatoms. The molecule has 6 nitrogen and oxygen atoms in total. The molecule has 1 heterocycles. The van der Waals surface area contributed by atoms with Gasteiger partial charge in [-0.25, -0.2) is 0 Å². The predicted octanol–water partition coefficient (Wildman–Crippen LogP) is 4.49. The summed E-state index contributed by atoms with van der Waals surface area (Å²) in [5.41, 5.74) is 1.11. The minimum atomic E-state index is -0.424. The summed E-state index contributed by atoms with van der Waals surface area (Å²) in [6, 6.07) is 17.1. The Labute approximate surface area is 161 Å². The monoisotopic (exact) mass is 381 g/mol. The maximum Gasteiger partial charge on any atom is 0.233 e. The van der Waals surface area contributed by atoms with Crippen LogP contribution in [0.5, 0.6) is 11.5 Å². The number of hydrogen-bond donors (Lipinski definition) is 2. The van der Waals surface area contributed by atoms with Crippen LogP contribution in [0.2, 0.25) is 5.02 Å². The molecule has 0 radical (unpaired) electrons. The number of carbonyl (C=O) groups excluding carboxylic acids is 2. The lowest BCUT2D eigenvalue weighted by Gasteiger charge is -2.08. The molecule has 0 aliphatic carbocycles. The number of amides is 2. The first-order valence-corrected chi connectivity index (χ1v) is 8.49. The van der Waals surface area contributed by atoms with E-state index in [-0.39, 0.29) is 6.42 Å². The van der Waals surface area contributed by atoms with Crippen LogP contribution in [0, 0.1) is 0 Å². The van der Waals surface area contributed by atoms with Gasteiger partial charge in [0, 0.05) is 28.8 Å². The molecule has 27 heavy (non-hydrogen) atoms. The van der Waals surface area contributed by atoms with Crippen molar-refractivity contribution in [3.8, 4) is 11.5 Å². The van der Waals surface area contributed by atoms with Crippen molar-refractivity contribution < 1.29 is 14.3 Å². The number of rotatable bonds is 6. The molecule has 0 unspecified atom stereocenters. The fourth-order valence-corrected chi connectivity index (χ4v) is 2.46. The maximum atomic E-state index is 12.0. The number of carbonyl (C=O) groups is 2. The van der Waals surface area contributed by atoms with Crippen molar-refractivity contribution in [1.82, 2.24) is 4.98 Å². The van der Waals surface area contributed by atoms with Gasteiger partial charge in [-0.05, 0) is 54.6 Å². The average molecular weight is 382 g/mol. The summed E-state index contributed by atoms with van der Waals surface area (Å²) in [6.07, 6.45) is 2.97. The molecule has 0 aliphatic heterocycles. The molecule has 2 N–H and O–H groups in total. The van der Waals surface area contributed by atoms with E-state index in [2.05, 4.69) is 15.6 Å². The lowest BCUT2D eigenvalue weighted by Crippen LogP contribution is -2.21. The highest BCUT2D eigenvalue weighted by atomic mass is 35.5. The van der Waals surface area contributed by atoms with Gasteiger partial charge in [0.2, 0.25) is 11.8 Å². The summed E-state index contributed by atoms with van der Waals surface area (Å²) in [7, 11) is 0. The van der Waals surface area contributed by atoms with Crippen molar-refractivity contribution in [2.24, 2.45) is 0 Å². The molecule has 1 aromatic heterocycles. The summed E-state index contributed by atoms with van der Waals surface area (Å²) < 4.78 is 5.65. The van der Waals surface area contributed by atoms with Crippen LogP contribution < -0.4 is 15.4 Å². The van der Waals surface area contributed by atoms with Gasteiger partial charge in [-0.2, -0.15) is 0 Å². The largest absolute Gasteiger partial charge is 0.457 e. The van der Waals surface area contributed by atoms with Gasteiger partial charge in [-0.3, -0.25) is 14.6 Å². The van der Waals surface area contributed by atoms with E-state index in [0.717, 1.165) is 0 Å². The van der Waals surface area contributed by atoms with Gasteiger partial charge < -0.3 is 15.4 Å². The molecule has 0 atom stereocenters. The molecule has 0 saturated heterocycles. The van der Waals surface area contributed by atoms with Crippen molar-refractivity contribution in [3.05, 3.63) is 78.1 Å². The third-order valence-corrected chi connectivity index (χ3v) is 3.69. The quantitative estimate of drug-likeness (QED) is 0.616. The Hall–Kier alpha value is -3.38. The minimum Gasteiger partial charge on any atom is -0.457 e. The van der Waals surface area contributed by atoms with Crippen LogP contribution >= 0.6 is 11.6 Å². The summed E-state index contributed by atoms with van der Waals surface area (Å²) >= 11 is 5.86. The van der Waals surface area contributed by atoms with Crippen LogP contribution in [0.3, 0.4) is 0 Å². The number of nitrogens with one attached hydrogen (secondary N) is 2. The molecule has 0 bridgehead atoms. The maximum absolute atomic E-state index is 12.0. The SMILES string of the molecule is O=C(CC(=O)Nc1cccc(Cl)c1)Nc1ccc(Oc2ccncc2)cc1. The molecular weight excluding hydrogens is 366 g/mol. The lowest BCUT2D eigenvalue weighted by atomic mass is 10.2. The summed E-state index contributed by atoms with van der Waals surface area (Å²) in [6.45, 7) is 0. The van der Waals surface area contributed by atoms with Crippen LogP contribution in [0.4, 0.5) is 11.4 Å². The van der Waals surface area contributed by atoms with E-state index in [1.165, 1.54) is 0 Å². The fraction of sp³-hybridized carbons (Fsp3) is 0.0500. The molecule has 3 aromatic rings. The number of benzene rings is 2. The normalized spacial score (nSPS) is 10.1. The highest BCUT2D eigenvalue weighted by molar-refractivity contribution is 6.30. The molecular formula is C20H16ClN3O3. The van der Waals surface area contributed by atoms with E-state index in [1.807, 2.05) is 0 Å². The second-order valence-corrected chi connectivity index (χ2v) is 6.03. The minimum absolute atomic E-state index is 0.304. The molecule has 0 aliphatic rings. The molecule has 0 saturated carbocycles. The Morgan fingerprint density at radius 2 is 1.48 bits per heavy atom. The zero-order valence-corrected chi connectivity index (χ0v) is 14.9. The van der Waals surface area contributed by atoms with Crippen molar-refractivity contribution in [3.63, 3.8) is 0 Å². The van der Waals surface area contributed by atoms with Crippen molar-refractivity contribution in [2.75, 3.05) is 10.6 Å². The zero-order valence-electron chi connectivity index (χ0n) is 14.2.